The summed E-state index contributed by atoms with van der Waals surface area (Å²) in [5.41, 5.74) is 1.96. The number of amides is 1. The lowest BCUT2D eigenvalue weighted by Gasteiger charge is -2.17. The van der Waals surface area contributed by atoms with Gasteiger partial charge in [0.15, 0.2) is 10.3 Å². The van der Waals surface area contributed by atoms with E-state index in [-0.39, 0.29) is 5.91 Å². The number of carbonyl (C=O) groups is 1. The fraction of sp³-hybridized carbons (Fsp3) is 0.273. The number of rotatable bonds is 7. The monoisotopic (exact) mass is 435 g/mol. The van der Waals surface area contributed by atoms with Crippen LogP contribution in [0, 0.1) is 0 Å². The van der Waals surface area contributed by atoms with Crippen molar-refractivity contribution in [3.63, 3.8) is 0 Å². The Morgan fingerprint density at radius 2 is 1.90 bits per heavy atom. The molecule has 1 saturated carbocycles. The number of fused-ring (bicyclic) bond motifs is 1. The maximum Gasteiger partial charge on any atom is 0.239 e. The first-order chi connectivity index (χ1) is 14.7. The molecule has 1 fully saturated rings. The zero-order chi connectivity index (χ0) is 20.5. The van der Waals surface area contributed by atoms with Gasteiger partial charge >= 0.3 is 0 Å². The van der Waals surface area contributed by atoms with E-state index >= 15 is 0 Å². The summed E-state index contributed by atoms with van der Waals surface area (Å²) in [6, 6.07) is 18.1. The number of thiazole rings is 1. The number of benzene rings is 2. The fourth-order valence-electron chi connectivity index (χ4n) is 3.40. The first kappa shape index (κ1) is 19.3. The lowest BCUT2D eigenvalue weighted by atomic mass is 10.3. The number of anilines is 1. The van der Waals surface area contributed by atoms with Crippen LogP contribution in [0.3, 0.4) is 0 Å². The molecule has 0 aliphatic heterocycles. The highest BCUT2D eigenvalue weighted by atomic mass is 32.2. The maximum atomic E-state index is 13.0. The number of para-hydroxylation sites is 2. The number of nitrogens with zero attached hydrogens (tertiary/aromatic N) is 5. The average molecular weight is 436 g/mol. The highest BCUT2D eigenvalue weighted by Gasteiger charge is 2.31. The second kappa shape index (κ2) is 8.20. The third-order valence-electron chi connectivity index (χ3n) is 5.07. The lowest BCUT2D eigenvalue weighted by molar-refractivity contribution is -0.116. The van der Waals surface area contributed by atoms with Crippen molar-refractivity contribution in [2.45, 2.75) is 30.8 Å². The summed E-state index contributed by atoms with van der Waals surface area (Å²) in [6.07, 6.45) is 2.30. The van der Waals surface area contributed by atoms with E-state index in [0.29, 0.717) is 18.2 Å². The summed E-state index contributed by atoms with van der Waals surface area (Å²) in [6.45, 7) is 2.56. The summed E-state index contributed by atoms with van der Waals surface area (Å²) < 4.78 is 3.19. The van der Waals surface area contributed by atoms with Crippen LogP contribution in [0.2, 0.25) is 0 Å². The number of hydrogen-bond donors (Lipinski definition) is 0. The van der Waals surface area contributed by atoms with Crippen LogP contribution >= 0.6 is 23.1 Å². The van der Waals surface area contributed by atoms with Crippen molar-refractivity contribution in [1.82, 2.24) is 19.7 Å². The summed E-state index contributed by atoms with van der Waals surface area (Å²) >= 11 is 2.98. The van der Waals surface area contributed by atoms with Crippen LogP contribution in [0.15, 0.2) is 59.8 Å². The second-order valence-corrected chi connectivity index (χ2v) is 9.13. The van der Waals surface area contributed by atoms with Crippen LogP contribution in [0.25, 0.3) is 15.9 Å². The van der Waals surface area contributed by atoms with Crippen LogP contribution in [0.5, 0.6) is 0 Å². The Labute approximate surface area is 183 Å². The summed E-state index contributed by atoms with van der Waals surface area (Å²) in [4.78, 5) is 19.4. The lowest BCUT2D eigenvalue weighted by Crippen LogP contribution is -2.32. The molecule has 0 unspecified atom stereocenters. The highest BCUT2D eigenvalue weighted by Crippen LogP contribution is 2.41. The smallest absolute Gasteiger partial charge is 0.239 e. The summed E-state index contributed by atoms with van der Waals surface area (Å²) in [7, 11) is 0. The minimum absolute atomic E-state index is 0.0251. The standard InChI is InChI=1S/C22H21N5OS2/c1-2-26(21-23-17-10-6-7-11-18(17)30-21)19(28)14-29-22-25-24-20(15-12-13-15)27(22)16-8-4-3-5-9-16/h3-11,15H,2,12-14H2,1H3. The Hall–Kier alpha value is -2.71. The SMILES string of the molecule is CCN(C(=O)CSc1nnc(C2CC2)n1-c1ccccc1)c1nc2ccccc2s1. The fourth-order valence-corrected chi connectivity index (χ4v) is 5.28. The topological polar surface area (TPSA) is 63.9 Å². The van der Waals surface area contributed by atoms with Gasteiger partial charge in [-0.1, -0.05) is 53.4 Å². The molecule has 6 nitrogen and oxygen atoms in total. The molecule has 0 spiro atoms. The van der Waals surface area contributed by atoms with Crippen molar-refractivity contribution in [2.75, 3.05) is 17.2 Å². The molecule has 8 heteroatoms. The molecule has 2 aromatic heterocycles. The number of thioether (sulfide) groups is 1. The molecular weight excluding hydrogens is 414 g/mol. The Morgan fingerprint density at radius 1 is 1.13 bits per heavy atom. The molecule has 152 valence electrons. The third kappa shape index (κ3) is 3.73. The van der Waals surface area contributed by atoms with Gasteiger partial charge in [0.25, 0.3) is 0 Å². The normalized spacial score (nSPS) is 13.6. The Morgan fingerprint density at radius 3 is 2.63 bits per heavy atom. The first-order valence-electron chi connectivity index (χ1n) is 10.0. The molecule has 4 aromatic rings. The molecule has 2 aromatic carbocycles. The van der Waals surface area contributed by atoms with Crippen molar-refractivity contribution in [3.05, 3.63) is 60.4 Å². The summed E-state index contributed by atoms with van der Waals surface area (Å²) in [5, 5.41) is 10.4. The van der Waals surface area contributed by atoms with Crippen molar-refractivity contribution in [2.24, 2.45) is 0 Å². The van der Waals surface area contributed by atoms with E-state index in [9.17, 15) is 4.79 Å². The van der Waals surface area contributed by atoms with Crippen LogP contribution in [0.4, 0.5) is 5.13 Å². The molecular formula is C22H21N5OS2. The van der Waals surface area contributed by atoms with Gasteiger partial charge < -0.3 is 0 Å². The largest absolute Gasteiger partial charge is 0.288 e. The van der Waals surface area contributed by atoms with Crippen molar-refractivity contribution in [1.29, 1.82) is 0 Å². The Balaban J connectivity index is 1.37. The van der Waals surface area contributed by atoms with Crippen LogP contribution in [-0.2, 0) is 4.79 Å². The van der Waals surface area contributed by atoms with E-state index < -0.39 is 0 Å². The molecule has 0 saturated heterocycles. The Kier molecular flexibility index (Phi) is 5.26. The molecule has 1 aliphatic carbocycles. The molecule has 0 N–H and O–H groups in total. The predicted molar refractivity (Wildman–Crippen MR) is 122 cm³/mol. The van der Waals surface area contributed by atoms with Gasteiger partial charge in [0.2, 0.25) is 5.91 Å². The second-order valence-electron chi connectivity index (χ2n) is 7.18. The van der Waals surface area contributed by atoms with Gasteiger partial charge in [0, 0.05) is 18.2 Å². The van der Waals surface area contributed by atoms with Gasteiger partial charge in [-0.05, 0) is 44.0 Å². The van der Waals surface area contributed by atoms with Crippen molar-refractivity contribution >= 4 is 44.4 Å². The Bertz CT molecular complexity index is 1150. The quantitative estimate of drug-likeness (QED) is 0.386. The van der Waals surface area contributed by atoms with E-state index in [4.69, 9.17) is 0 Å². The number of hydrogen-bond acceptors (Lipinski definition) is 6. The van der Waals surface area contributed by atoms with Gasteiger partial charge in [0.1, 0.15) is 5.82 Å². The molecule has 1 aliphatic rings. The zero-order valence-corrected chi connectivity index (χ0v) is 18.2. The third-order valence-corrected chi connectivity index (χ3v) is 7.04. The molecule has 1 amide bonds. The molecule has 2 heterocycles. The maximum absolute atomic E-state index is 13.0. The van der Waals surface area contributed by atoms with E-state index in [0.717, 1.165) is 44.9 Å². The van der Waals surface area contributed by atoms with Gasteiger partial charge in [-0.25, -0.2) is 4.98 Å². The zero-order valence-electron chi connectivity index (χ0n) is 16.6. The van der Waals surface area contributed by atoms with Crippen LogP contribution in [0.1, 0.15) is 31.5 Å². The first-order valence-corrected chi connectivity index (χ1v) is 11.8. The molecule has 0 bridgehead atoms. The minimum Gasteiger partial charge on any atom is -0.288 e. The molecule has 0 atom stereocenters. The van der Waals surface area contributed by atoms with E-state index in [1.807, 2.05) is 49.4 Å². The summed E-state index contributed by atoms with van der Waals surface area (Å²) in [5.74, 6) is 1.78. The van der Waals surface area contributed by atoms with Gasteiger partial charge in [-0.3, -0.25) is 14.3 Å². The van der Waals surface area contributed by atoms with Gasteiger partial charge in [-0.2, -0.15) is 0 Å². The molecule has 0 radical (unpaired) electrons. The minimum atomic E-state index is 0.0251. The van der Waals surface area contributed by atoms with Gasteiger partial charge in [0.05, 0.1) is 16.0 Å². The van der Waals surface area contributed by atoms with Crippen LogP contribution in [-0.4, -0.2) is 38.0 Å². The van der Waals surface area contributed by atoms with Gasteiger partial charge in [-0.15, -0.1) is 10.2 Å². The molecule has 5 rings (SSSR count). The number of aromatic nitrogens is 4. The predicted octanol–water partition coefficient (Wildman–Crippen LogP) is 4.90. The number of carbonyl (C=O) groups excluding carboxylic acids is 1. The van der Waals surface area contributed by atoms with E-state index in [1.165, 1.54) is 11.8 Å². The average Bonchev–Trinajstić information content (AvgIpc) is 3.39. The molecule has 30 heavy (non-hydrogen) atoms. The van der Waals surface area contributed by atoms with Crippen molar-refractivity contribution < 1.29 is 4.79 Å². The van der Waals surface area contributed by atoms with E-state index in [1.54, 1.807) is 16.2 Å². The van der Waals surface area contributed by atoms with E-state index in [2.05, 4.69) is 31.9 Å². The highest BCUT2D eigenvalue weighted by molar-refractivity contribution is 7.99. The van der Waals surface area contributed by atoms with Crippen LogP contribution < -0.4 is 4.90 Å². The van der Waals surface area contributed by atoms with Crippen molar-refractivity contribution in [3.8, 4) is 5.69 Å².